The van der Waals surface area contributed by atoms with Crippen LogP contribution in [0.4, 0.5) is 5.69 Å². The summed E-state index contributed by atoms with van der Waals surface area (Å²) in [4.78, 5) is 25.1. The Bertz CT molecular complexity index is 621. The van der Waals surface area contributed by atoms with Crippen LogP contribution in [0.3, 0.4) is 0 Å². The lowest BCUT2D eigenvalue weighted by Gasteiger charge is -2.34. The number of anilines is 1. The minimum absolute atomic E-state index is 0.137. The van der Waals surface area contributed by atoms with Crippen LogP contribution in [0.2, 0.25) is 0 Å². The Hall–Kier alpha value is -2.04. The molecule has 3 rings (SSSR count). The molecule has 1 aromatic carbocycles. The van der Waals surface area contributed by atoms with Gasteiger partial charge in [0.2, 0.25) is 0 Å². The monoisotopic (exact) mass is 316 g/mol. The van der Waals surface area contributed by atoms with Gasteiger partial charge in [0.25, 0.3) is 17.4 Å². The van der Waals surface area contributed by atoms with Crippen LogP contribution in [-0.2, 0) is 9.59 Å². The molecule has 0 aromatic heterocycles. The SMILES string of the molecule is Cc1ccc2c(c1)NC(=O)C(C)(C(=O)NC1CCCCCC1)O2. The van der Waals surface area contributed by atoms with Gasteiger partial charge in [-0.05, 0) is 44.4 Å². The van der Waals surface area contributed by atoms with Crippen molar-refractivity contribution in [2.75, 3.05) is 5.32 Å². The van der Waals surface area contributed by atoms with E-state index < -0.39 is 11.5 Å². The maximum atomic E-state index is 12.7. The van der Waals surface area contributed by atoms with Crippen molar-refractivity contribution in [3.05, 3.63) is 23.8 Å². The van der Waals surface area contributed by atoms with Gasteiger partial charge in [0.05, 0.1) is 5.69 Å². The van der Waals surface area contributed by atoms with Crippen molar-refractivity contribution in [1.29, 1.82) is 0 Å². The number of benzene rings is 1. The molecule has 1 aromatic rings. The number of fused-ring (bicyclic) bond motifs is 1. The predicted molar refractivity (Wildman–Crippen MR) is 88.5 cm³/mol. The summed E-state index contributed by atoms with van der Waals surface area (Å²) in [6, 6.07) is 5.68. The fourth-order valence-corrected chi connectivity index (χ4v) is 3.23. The van der Waals surface area contributed by atoms with E-state index in [2.05, 4.69) is 10.6 Å². The minimum Gasteiger partial charge on any atom is -0.466 e. The molecule has 5 nitrogen and oxygen atoms in total. The molecular weight excluding hydrogens is 292 g/mol. The lowest BCUT2D eigenvalue weighted by molar-refractivity contribution is -0.147. The van der Waals surface area contributed by atoms with Gasteiger partial charge in [-0.1, -0.05) is 31.7 Å². The molecule has 23 heavy (non-hydrogen) atoms. The van der Waals surface area contributed by atoms with E-state index in [1.807, 2.05) is 19.1 Å². The Kier molecular flexibility index (Phi) is 4.28. The zero-order valence-electron chi connectivity index (χ0n) is 13.8. The van der Waals surface area contributed by atoms with Crippen molar-refractivity contribution in [3.63, 3.8) is 0 Å². The molecule has 0 saturated heterocycles. The van der Waals surface area contributed by atoms with Crippen molar-refractivity contribution in [2.24, 2.45) is 0 Å². The zero-order chi connectivity index (χ0) is 16.4. The highest BCUT2D eigenvalue weighted by atomic mass is 16.5. The Morgan fingerprint density at radius 3 is 2.65 bits per heavy atom. The van der Waals surface area contributed by atoms with Gasteiger partial charge in [-0.2, -0.15) is 0 Å². The first-order valence-electron chi connectivity index (χ1n) is 8.41. The Morgan fingerprint density at radius 2 is 1.96 bits per heavy atom. The van der Waals surface area contributed by atoms with Gasteiger partial charge < -0.3 is 15.4 Å². The molecule has 2 N–H and O–H groups in total. The fourth-order valence-electron chi connectivity index (χ4n) is 3.23. The summed E-state index contributed by atoms with van der Waals surface area (Å²) in [5.74, 6) is -0.233. The molecule has 1 saturated carbocycles. The van der Waals surface area contributed by atoms with Crippen LogP contribution >= 0.6 is 0 Å². The van der Waals surface area contributed by atoms with Crippen LogP contribution in [-0.4, -0.2) is 23.5 Å². The molecule has 1 heterocycles. The van der Waals surface area contributed by atoms with Crippen LogP contribution in [0.1, 0.15) is 51.0 Å². The van der Waals surface area contributed by atoms with Crippen molar-refractivity contribution in [3.8, 4) is 5.75 Å². The average molecular weight is 316 g/mol. The van der Waals surface area contributed by atoms with Gasteiger partial charge in [-0.15, -0.1) is 0 Å². The fraction of sp³-hybridized carbons (Fsp3) is 0.556. The van der Waals surface area contributed by atoms with Crippen LogP contribution in [0.15, 0.2) is 18.2 Å². The van der Waals surface area contributed by atoms with Gasteiger partial charge in [-0.3, -0.25) is 9.59 Å². The summed E-state index contributed by atoms with van der Waals surface area (Å²) in [5, 5.41) is 5.81. The molecule has 1 unspecified atom stereocenters. The number of aryl methyl sites for hydroxylation is 1. The third kappa shape index (κ3) is 3.19. The quantitative estimate of drug-likeness (QED) is 0.651. The van der Waals surface area contributed by atoms with Gasteiger partial charge in [-0.25, -0.2) is 0 Å². The topological polar surface area (TPSA) is 67.4 Å². The van der Waals surface area contributed by atoms with E-state index in [-0.39, 0.29) is 11.9 Å². The standard InChI is InChI=1S/C18H24N2O3/c1-12-9-10-15-14(11-12)20-17(22)18(2,23-15)16(21)19-13-7-5-3-4-6-8-13/h9-11,13H,3-8H2,1-2H3,(H,19,21)(H,20,22). The molecule has 2 amide bonds. The van der Waals surface area contributed by atoms with Crippen LogP contribution in [0, 0.1) is 6.92 Å². The molecule has 0 radical (unpaired) electrons. The molecule has 0 spiro atoms. The second-order valence-electron chi connectivity index (χ2n) is 6.75. The molecular formula is C18H24N2O3. The largest absolute Gasteiger partial charge is 0.466 e. The summed E-state index contributed by atoms with van der Waals surface area (Å²) < 4.78 is 5.80. The third-order valence-electron chi connectivity index (χ3n) is 4.75. The van der Waals surface area contributed by atoms with E-state index in [0.717, 1.165) is 31.2 Å². The molecule has 1 fully saturated rings. The van der Waals surface area contributed by atoms with Crippen molar-refractivity contribution < 1.29 is 14.3 Å². The Morgan fingerprint density at radius 1 is 1.26 bits per heavy atom. The van der Waals surface area contributed by atoms with Crippen molar-refractivity contribution in [1.82, 2.24) is 5.32 Å². The van der Waals surface area contributed by atoms with E-state index in [1.54, 1.807) is 6.07 Å². The van der Waals surface area contributed by atoms with E-state index in [1.165, 1.54) is 19.8 Å². The summed E-state index contributed by atoms with van der Waals surface area (Å²) in [7, 11) is 0. The number of carbonyl (C=O) groups excluding carboxylic acids is 2. The molecule has 1 aliphatic heterocycles. The first-order valence-corrected chi connectivity index (χ1v) is 8.41. The second-order valence-corrected chi connectivity index (χ2v) is 6.75. The Labute approximate surface area is 136 Å². The molecule has 0 bridgehead atoms. The van der Waals surface area contributed by atoms with Gasteiger partial charge >= 0.3 is 0 Å². The maximum absolute atomic E-state index is 12.7. The first-order chi connectivity index (χ1) is 11.0. The highest BCUT2D eigenvalue weighted by molar-refractivity contribution is 6.15. The van der Waals surface area contributed by atoms with E-state index in [4.69, 9.17) is 4.74 Å². The summed E-state index contributed by atoms with van der Waals surface area (Å²) in [6.45, 7) is 3.48. The summed E-state index contributed by atoms with van der Waals surface area (Å²) in [5.41, 5.74) is 0.128. The number of amides is 2. The highest BCUT2D eigenvalue weighted by Gasteiger charge is 2.47. The number of hydrogen-bond donors (Lipinski definition) is 2. The third-order valence-corrected chi connectivity index (χ3v) is 4.75. The summed E-state index contributed by atoms with van der Waals surface area (Å²) in [6.07, 6.45) is 6.62. The Balaban J connectivity index is 1.76. The number of nitrogens with one attached hydrogen (secondary N) is 2. The number of rotatable bonds is 2. The molecule has 2 aliphatic rings. The second kappa shape index (κ2) is 6.22. The van der Waals surface area contributed by atoms with E-state index >= 15 is 0 Å². The van der Waals surface area contributed by atoms with Crippen molar-refractivity contribution >= 4 is 17.5 Å². The normalized spacial score (nSPS) is 24.9. The maximum Gasteiger partial charge on any atom is 0.278 e. The lowest BCUT2D eigenvalue weighted by Crippen LogP contribution is -2.60. The van der Waals surface area contributed by atoms with Crippen molar-refractivity contribution in [2.45, 2.75) is 64.0 Å². The minimum atomic E-state index is -1.52. The molecule has 1 aliphatic carbocycles. The predicted octanol–water partition coefficient (Wildman–Crippen LogP) is 2.92. The first kappa shape index (κ1) is 15.8. The average Bonchev–Trinajstić information content (AvgIpc) is 2.77. The van der Waals surface area contributed by atoms with Crippen LogP contribution in [0.5, 0.6) is 5.75 Å². The van der Waals surface area contributed by atoms with Gasteiger partial charge in [0.15, 0.2) is 0 Å². The van der Waals surface area contributed by atoms with Gasteiger partial charge in [0, 0.05) is 6.04 Å². The smallest absolute Gasteiger partial charge is 0.278 e. The number of carbonyl (C=O) groups is 2. The summed E-state index contributed by atoms with van der Waals surface area (Å²) >= 11 is 0. The van der Waals surface area contributed by atoms with Crippen LogP contribution in [0.25, 0.3) is 0 Å². The van der Waals surface area contributed by atoms with E-state index in [9.17, 15) is 9.59 Å². The lowest BCUT2D eigenvalue weighted by atomic mass is 9.99. The van der Waals surface area contributed by atoms with Gasteiger partial charge in [0.1, 0.15) is 5.75 Å². The number of hydrogen-bond acceptors (Lipinski definition) is 3. The number of ether oxygens (including phenoxy) is 1. The molecule has 124 valence electrons. The molecule has 1 atom stereocenters. The molecule has 5 heteroatoms. The van der Waals surface area contributed by atoms with Crippen LogP contribution < -0.4 is 15.4 Å². The zero-order valence-corrected chi connectivity index (χ0v) is 13.8. The van der Waals surface area contributed by atoms with E-state index in [0.29, 0.717) is 11.4 Å². The highest BCUT2D eigenvalue weighted by Crippen LogP contribution is 2.34.